The Morgan fingerprint density at radius 3 is 2.52 bits per heavy atom. The minimum Gasteiger partial charge on any atom is -0.366 e. The van der Waals surface area contributed by atoms with E-state index in [0.29, 0.717) is 0 Å². The predicted octanol–water partition coefficient (Wildman–Crippen LogP) is 2.29. The number of carbonyl (C=O) groups excluding carboxylic acids is 2. The highest BCUT2D eigenvalue weighted by molar-refractivity contribution is 6.34. The largest absolute Gasteiger partial charge is 0.435 e. The number of hydrogen-bond acceptors (Lipinski definition) is 3. The molecule has 0 aliphatic carbocycles. The fraction of sp³-hybridized carbons (Fsp3) is 0.154. The minimum absolute atomic E-state index is 0.0498. The molecule has 0 aliphatic rings. The number of nitrogens with zero attached hydrogens (tertiary/aromatic N) is 2. The second-order valence-electron chi connectivity index (χ2n) is 4.50. The number of rotatable bonds is 4. The molecule has 1 aromatic carbocycles. The second-order valence-corrected chi connectivity index (χ2v) is 4.91. The van der Waals surface area contributed by atoms with Gasteiger partial charge in [-0.3, -0.25) is 14.3 Å². The highest BCUT2D eigenvalue weighted by Gasteiger charge is 2.33. The fourth-order valence-electron chi connectivity index (χ4n) is 1.74. The van der Waals surface area contributed by atoms with Gasteiger partial charge in [0, 0.05) is 11.9 Å². The summed E-state index contributed by atoms with van der Waals surface area (Å²) in [6, 6.07) is 4.81. The van der Waals surface area contributed by atoms with Gasteiger partial charge in [0.15, 0.2) is 5.69 Å². The number of amides is 2. The van der Waals surface area contributed by atoms with Gasteiger partial charge >= 0.3 is 6.18 Å². The highest BCUT2D eigenvalue weighted by atomic mass is 35.5. The number of carbonyl (C=O) groups is 2. The van der Waals surface area contributed by atoms with E-state index in [4.69, 9.17) is 17.3 Å². The van der Waals surface area contributed by atoms with E-state index in [0.717, 1.165) is 16.9 Å². The first kappa shape index (κ1) is 16.8. The van der Waals surface area contributed by atoms with Crippen LogP contribution in [0.5, 0.6) is 0 Å². The Labute approximate surface area is 133 Å². The van der Waals surface area contributed by atoms with Crippen LogP contribution in [0.3, 0.4) is 0 Å². The summed E-state index contributed by atoms with van der Waals surface area (Å²) in [5.74, 6) is -1.33. The van der Waals surface area contributed by atoms with E-state index in [2.05, 4.69) is 10.4 Å². The Hall–Kier alpha value is -2.55. The van der Waals surface area contributed by atoms with Crippen molar-refractivity contribution < 1.29 is 22.8 Å². The normalized spacial score (nSPS) is 11.3. The van der Waals surface area contributed by atoms with Gasteiger partial charge in [-0.1, -0.05) is 11.6 Å². The number of nitrogens with two attached hydrogens (primary N) is 1. The molecular weight excluding hydrogens is 337 g/mol. The Morgan fingerprint density at radius 2 is 2.00 bits per heavy atom. The van der Waals surface area contributed by atoms with Gasteiger partial charge in [-0.25, -0.2) is 0 Å². The summed E-state index contributed by atoms with van der Waals surface area (Å²) in [7, 11) is 0. The summed E-state index contributed by atoms with van der Waals surface area (Å²) < 4.78 is 38.1. The van der Waals surface area contributed by atoms with Crippen molar-refractivity contribution in [2.75, 3.05) is 5.32 Å². The van der Waals surface area contributed by atoms with Crippen LogP contribution in [0.4, 0.5) is 18.9 Å². The second kappa shape index (κ2) is 6.29. The third-order valence-electron chi connectivity index (χ3n) is 2.76. The van der Waals surface area contributed by atoms with Crippen LogP contribution >= 0.6 is 11.6 Å². The van der Waals surface area contributed by atoms with Gasteiger partial charge in [-0.2, -0.15) is 18.3 Å². The van der Waals surface area contributed by atoms with E-state index in [1.807, 2.05) is 0 Å². The summed E-state index contributed by atoms with van der Waals surface area (Å²) in [4.78, 5) is 22.8. The van der Waals surface area contributed by atoms with E-state index < -0.39 is 30.2 Å². The first-order valence-corrected chi connectivity index (χ1v) is 6.54. The van der Waals surface area contributed by atoms with E-state index in [-0.39, 0.29) is 16.3 Å². The van der Waals surface area contributed by atoms with Gasteiger partial charge in [0.05, 0.1) is 10.6 Å². The number of benzene rings is 1. The number of halogens is 4. The van der Waals surface area contributed by atoms with E-state index in [1.165, 1.54) is 18.2 Å². The van der Waals surface area contributed by atoms with Gasteiger partial charge in [0.2, 0.25) is 11.8 Å². The number of nitrogens with one attached hydrogen (secondary N) is 1. The van der Waals surface area contributed by atoms with Gasteiger partial charge in [0.1, 0.15) is 6.54 Å². The van der Waals surface area contributed by atoms with Crippen molar-refractivity contribution in [1.82, 2.24) is 9.78 Å². The first-order valence-electron chi connectivity index (χ1n) is 6.16. The maximum Gasteiger partial charge on any atom is 0.435 e. The Balaban J connectivity index is 2.04. The third-order valence-corrected chi connectivity index (χ3v) is 3.07. The summed E-state index contributed by atoms with van der Waals surface area (Å²) in [6.45, 7) is -0.411. The van der Waals surface area contributed by atoms with Crippen LogP contribution in [0.2, 0.25) is 5.02 Å². The van der Waals surface area contributed by atoms with Crippen LogP contribution in [0, 0.1) is 0 Å². The van der Waals surface area contributed by atoms with Crippen LogP contribution in [0.1, 0.15) is 16.1 Å². The molecule has 2 amide bonds. The maximum absolute atomic E-state index is 12.4. The van der Waals surface area contributed by atoms with Crippen molar-refractivity contribution >= 4 is 29.1 Å². The molecule has 0 atom stereocenters. The highest BCUT2D eigenvalue weighted by Crippen LogP contribution is 2.27. The minimum atomic E-state index is -4.57. The topological polar surface area (TPSA) is 90.0 Å². The van der Waals surface area contributed by atoms with Crippen molar-refractivity contribution in [3.05, 3.63) is 46.7 Å². The average Bonchev–Trinajstić information content (AvgIpc) is 2.86. The Bertz CT molecular complexity index is 758. The number of primary amides is 1. The van der Waals surface area contributed by atoms with E-state index >= 15 is 0 Å². The van der Waals surface area contributed by atoms with Crippen LogP contribution in [-0.2, 0) is 17.5 Å². The van der Waals surface area contributed by atoms with Crippen molar-refractivity contribution in [1.29, 1.82) is 0 Å². The molecule has 1 aromatic heterocycles. The summed E-state index contributed by atoms with van der Waals surface area (Å²) in [5.41, 5.74) is 4.37. The SMILES string of the molecule is NC(=O)c1ccc(NC(=O)Cn2ccc(C(F)(F)F)n2)cc1Cl. The molecule has 6 nitrogen and oxygen atoms in total. The molecule has 0 fully saturated rings. The summed E-state index contributed by atoms with van der Waals surface area (Å²) in [5, 5.41) is 5.74. The standard InChI is InChI=1S/C13H10ClF3N4O2/c14-9-5-7(1-2-8(9)12(18)23)19-11(22)6-21-4-3-10(20-21)13(15,16)17/h1-5H,6H2,(H2,18,23)(H,19,22). The molecule has 0 spiro atoms. The summed E-state index contributed by atoms with van der Waals surface area (Å²) >= 11 is 5.83. The molecule has 1 heterocycles. The van der Waals surface area contributed by atoms with Crippen molar-refractivity contribution in [3.8, 4) is 0 Å². The van der Waals surface area contributed by atoms with Crippen LogP contribution in [-0.4, -0.2) is 21.6 Å². The number of anilines is 1. The van der Waals surface area contributed by atoms with Crippen LogP contribution in [0.25, 0.3) is 0 Å². The first-order chi connectivity index (χ1) is 10.7. The lowest BCUT2D eigenvalue weighted by molar-refractivity contribution is -0.141. The van der Waals surface area contributed by atoms with Gasteiger partial charge in [-0.05, 0) is 24.3 Å². The lowest BCUT2D eigenvalue weighted by Gasteiger charge is -2.07. The Morgan fingerprint density at radius 1 is 1.30 bits per heavy atom. The zero-order chi connectivity index (χ0) is 17.2. The van der Waals surface area contributed by atoms with Crippen molar-refractivity contribution in [2.24, 2.45) is 5.73 Å². The molecule has 0 bridgehead atoms. The zero-order valence-corrected chi connectivity index (χ0v) is 12.1. The van der Waals surface area contributed by atoms with E-state index in [1.54, 1.807) is 0 Å². The molecule has 3 N–H and O–H groups in total. The predicted molar refractivity (Wildman–Crippen MR) is 75.8 cm³/mol. The quantitative estimate of drug-likeness (QED) is 0.890. The van der Waals surface area contributed by atoms with Crippen LogP contribution < -0.4 is 11.1 Å². The fourth-order valence-corrected chi connectivity index (χ4v) is 2.01. The van der Waals surface area contributed by atoms with Crippen LogP contribution in [0.15, 0.2) is 30.5 Å². The number of aromatic nitrogens is 2. The van der Waals surface area contributed by atoms with E-state index in [9.17, 15) is 22.8 Å². The van der Waals surface area contributed by atoms with Crippen molar-refractivity contribution in [3.63, 3.8) is 0 Å². The molecule has 2 aromatic rings. The molecule has 23 heavy (non-hydrogen) atoms. The summed E-state index contributed by atoms with van der Waals surface area (Å²) in [6.07, 6.45) is -3.52. The molecule has 122 valence electrons. The Kier molecular flexibility index (Phi) is 4.60. The molecule has 0 saturated heterocycles. The third kappa shape index (κ3) is 4.22. The molecule has 2 rings (SSSR count). The lowest BCUT2D eigenvalue weighted by atomic mass is 10.2. The average molecular weight is 347 g/mol. The van der Waals surface area contributed by atoms with Gasteiger partial charge < -0.3 is 11.1 Å². The molecule has 10 heteroatoms. The smallest absolute Gasteiger partial charge is 0.366 e. The van der Waals surface area contributed by atoms with Crippen molar-refractivity contribution in [2.45, 2.75) is 12.7 Å². The molecule has 0 unspecified atom stereocenters. The zero-order valence-electron chi connectivity index (χ0n) is 11.4. The molecule has 0 aliphatic heterocycles. The maximum atomic E-state index is 12.4. The molecule has 0 radical (unpaired) electrons. The number of hydrogen-bond donors (Lipinski definition) is 2. The van der Waals surface area contributed by atoms with Gasteiger partial charge in [0.25, 0.3) is 0 Å². The monoisotopic (exact) mass is 346 g/mol. The lowest BCUT2D eigenvalue weighted by Crippen LogP contribution is -2.20. The van der Waals surface area contributed by atoms with Gasteiger partial charge in [-0.15, -0.1) is 0 Å². The number of alkyl halides is 3. The molecule has 0 saturated carbocycles. The molecular formula is C13H10ClF3N4O2.